The van der Waals surface area contributed by atoms with Crippen molar-refractivity contribution in [2.45, 2.75) is 142 Å². The van der Waals surface area contributed by atoms with Crippen molar-refractivity contribution in [1.82, 2.24) is 0 Å². The topological polar surface area (TPSA) is 46.5 Å². The van der Waals surface area contributed by atoms with Crippen LogP contribution in [0.3, 0.4) is 0 Å². The van der Waals surface area contributed by atoms with Gasteiger partial charge in [-0.1, -0.05) is 103 Å². The molecular weight excluding hydrogens is 429 g/mol. The number of rotatable bonds is 24. The molecule has 0 aliphatic carbocycles. The average molecular weight is 489 g/mol. The smallest absolute Gasteiger partial charge is 0.320 e. The van der Waals surface area contributed by atoms with Gasteiger partial charge in [0.2, 0.25) is 0 Å². The molecule has 0 aliphatic heterocycles. The van der Waals surface area contributed by atoms with Crippen molar-refractivity contribution in [2.75, 3.05) is 27.7 Å². The Morgan fingerprint density at radius 2 is 1.12 bits per heavy atom. The minimum Gasteiger partial charge on any atom is -0.320 e. The van der Waals surface area contributed by atoms with Gasteiger partial charge in [0.15, 0.2) is 5.78 Å². The molecule has 2 unspecified atom stereocenters. The van der Waals surface area contributed by atoms with Crippen LogP contribution in [0.4, 0.5) is 0 Å². The molecule has 0 bridgehead atoms. The molecule has 0 spiro atoms. The van der Waals surface area contributed by atoms with Crippen molar-refractivity contribution >= 4 is 7.60 Å². The Hall–Kier alpha value is -0.150. The molecule has 5 heteroatoms. The van der Waals surface area contributed by atoms with E-state index in [2.05, 4.69) is 26.0 Å². The lowest BCUT2D eigenvalue weighted by Gasteiger charge is -2.35. The first-order valence-corrected chi connectivity index (χ1v) is 15.8. The summed E-state index contributed by atoms with van der Waals surface area (Å²) in [6.07, 6.45) is 28.4. The molecule has 0 amide bonds. The highest BCUT2D eigenvalue weighted by Crippen LogP contribution is 2.51. The van der Waals surface area contributed by atoms with Crippen LogP contribution in [0.15, 0.2) is 12.2 Å². The molecule has 4 nitrogen and oxygen atoms in total. The Bertz CT molecular complexity index is 502. The van der Waals surface area contributed by atoms with E-state index in [0.29, 0.717) is 17.5 Å². The summed E-state index contributed by atoms with van der Waals surface area (Å²) >= 11 is 0. The predicted molar refractivity (Wildman–Crippen MR) is 146 cm³/mol. The van der Waals surface area contributed by atoms with Crippen LogP contribution in [-0.4, -0.2) is 42.9 Å². The van der Waals surface area contributed by atoms with Crippen molar-refractivity contribution in [2.24, 2.45) is 0 Å². The van der Waals surface area contributed by atoms with Gasteiger partial charge >= 0.3 is 7.60 Å². The van der Waals surface area contributed by atoms with E-state index in [4.69, 9.17) is 4.52 Å². The predicted octanol–water partition coefficient (Wildman–Crippen LogP) is 9.23. The van der Waals surface area contributed by atoms with Gasteiger partial charge in [-0.2, -0.15) is 0 Å². The third-order valence-corrected chi connectivity index (χ3v) is 8.76. The van der Waals surface area contributed by atoms with Gasteiger partial charge in [-0.05, 0) is 38.5 Å². The summed E-state index contributed by atoms with van der Waals surface area (Å²) in [7, 11) is 2.35. The lowest BCUT2D eigenvalue weighted by atomic mass is 10.1. The second-order valence-electron chi connectivity index (χ2n) is 10.8. The number of unbranched alkanes of at least 4 members (excludes halogenated alkanes) is 15. The Labute approximate surface area is 207 Å². The van der Waals surface area contributed by atoms with Crippen molar-refractivity contribution in [3.8, 4) is 0 Å². The zero-order chi connectivity index (χ0) is 24.8. The lowest BCUT2D eigenvalue weighted by Crippen LogP contribution is -2.45. The molecule has 33 heavy (non-hydrogen) atoms. The fraction of sp³-hybridized carbons (Fsp3) is 0.929. The second-order valence-corrected chi connectivity index (χ2v) is 12.8. The summed E-state index contributed by atoms with van der Waals surface area (Å²) in [6, 6.07) is 0. The molecule has 0 fully saturated rings. The number of hydrogen-bond acceptors (Lipinski definition) is 2. The van der Waals surface area contributed by atoms with Gasteiger partial charge < -0.3 is 13.9 Å². The Kier molecular flexibility index (Phi) is 21.1. The summed E-state index contributed by atoms with van der Waals surface area (Å²) in [5, 5.41) is 0. The fourth-order valence-corrected chi connectivity index (χ4v) is 6.43. The van der Waals surface area contributed by atoms with Crippen molar-refractivity contribution in [3.63, 3.8) is 0 Å². The van der Waals surface area contributed by atoms with E-state index >= 15 is 0 Å². The normalized spacial score (nSPS) is 15.2. The standard InChI is InChI=1S/C28H58NO3P/c1-6-8-9-10-11-12-13-14-15-16-17-18-19-20-21-22-23-24-25-27-32-33(30,31)28(26-7-2)29(3,4)5/h16-17,28H,6-15,18-27H2,1-5H3/p+1. The molecule has 0 saturated heterocycles. The Balaban J connectivity index is 3.52. The Morgan fingerprint density at radius 1 is 0.697 bits per heavy atom. The number of allylic oxidation sites excluding steroid dienone is 2. The van der Waals surface area contributed by atoms with Crippen LogP contribution < -0.4 is 0 Å². The highest BCUT2D eigenvalue weighted by molar-refractivity contribution is 7.53. The SMILES string of the molecule is CCCCCCCCCCC=CCCCCCCCCCOP(=O)(O)C(CCC)[N+](C)(C)C. The third-order valence-electron chi connectivity index (χ3n) is 6.50. The largest absolute Gasteiger partial charge is 0.385 e. The van der Waals surface area contributed by atoms with E-state index in [0.717, 1.165) is 19.3 Å². The van der Waals surface area contributed by atoms with Crippen molar-refractivity contribution in [3.05, 3.63) is 12.2 Å². The summed E-state index contributed by atoms with van der Waals surface area (Å²) in [5.41, 5.74) is 0. The summed E-state index contributed by atoms with van der Waals surface area (Å²) < 4.78 is 18.6. The van der Waals surface area contributed by atoms with Gasteiger partial charge in [0.1, 0.15) is 0 Å². The first kappa shape index (κ1) is 32.8. The van der Waals surface area contributed by atoms with Crippen molar-refractivity contribution < 1.29 is 18.5 Å². The molecule has 0 heterocycles. The first-order valence-electron chi connectivity index (χ1n) is 14.2. The summed E-state index contributed by atoms with van der Waals surface area (Å²) in [4.78, 5) is 10.4. The van der Waals surface area contributed by atoms with Crippen LogP contribution in [0.1, 0.15) is 136 Å². The zero-order valence-corrected chi connectivity index (χ0v) is 23.9. The van der Waals surface area contributed by atoms with E-state index < -0.39 is 7.60 Å². The minimum absolute atomic E-state index is 0.336. The number of nitrogens with zero attached hydrogens (tertiary/aromatic N) is 1. The molecule has 0 rings (SSSR count). The molecular formula is C28H59NO3P+. The van der Waals surface area contributed by atoms with Crippen LogP contribution in [0.25, 0.3) is 0 Å². The quantitative estimate of drug-likeness (QED) is 0.0637. The van der Waals surface area contributed by atoms with E-state index in [9.17, 15) is 9.46 Å². The first-order chi connectivity index (χ1) is 15.8. The van der Waals surface area contributed by atoms with E-state index in [-0.39, 0.29) is 5.78 Å². The van der Waals surface area contributed by atoms with E-state index in [1.807, 2.05) is 21.1 Å². The Morgan fingerprint density at radius 3 is 1.55 bits per heavy atom. The minimum atomic E-state index is -3.57. The highest BCUT2D eigenvalue weighted by Gasteiger charge is 2.41. The maximum atomic E-state index is 12.7. The van der Waals surface area contributed by atoms with Gasteiger partial charge in [-0.25, -0.2) is 0 Å². The van der Waals surface area contributed by atoms with E-state index in [1.165, 1.54) is 96.3 Å². The summed E-state index contributed by atoms with van der Waals surface area (Å²) in [6.45, 7) is 4.73. The molecule has 2 atom stereocenters. The maximum Gasteiger partial charge on any atom is 0.385 e. The molecule has 0 saturated carbocycles. The number of quaternary nitrogens is 1. The van der Waals surface area contributed by atoms with Crippen LogP contribution in [-0.2, 0) is 9.09 Å². The molecule has 0 aromatic carbocycles. The third kappa shape index (κ3) is 19.8. The van der Waals surface area contributed by atoms with Gasteiger partial charge in [-0.15, -0.1) is 0 Å². The highest BCUT2D eigenvalue weighted by atomic mass is 31.2. The molecule has 1 N–H and O–H groups in total. The molecule has 0 aliphatic rings. The van der Waals surface area contributed by atoms with Crippen molar-refractivity contribution in [1.29, 1.82) is 0 Å². The molecule has 0 aromatic rings. The molecule has 0 radical (unpaired) electrons. The van der Waals surface area contributed by atoms with Crippen LogP contribution in [0.5, 0.6) is 0 Å². The van der Waals surface area contributed by atoms with Crippen LogP contribution in [0, 0.1) is 0 Å². The molecule has 198 valence electrons. The van der Waals surface area contributed by atoms with Crippen LogP contribution >= 0.6 is 7.60 Å². The fourth-order valence-electron chi connectivity index (χ4n) is 4.41. The van der Waals surface area contributed by atoms with E-state index in [1.54, 1.807) is 0 Å². The zero-order valence-electron chi connectivity index (χ0n) is 23.0. The summed E-state index contributed by atoms with van der Waals surface area (Å²) in [5.74, 6) is -0.336. The van der Waals surface area contributed by atoms with Gasteiger partial charge in [0.05, 0.1) is 27.7 Å². The molecule has 0 aromatic heterocycles. The lowest BCUT2D eigenvalue weighted by molar-refractivity contribution is -0.883. The van der Waals surface area contributed by atoms with Crippen LogP contribution in [0.2, 0.25) is 0 Å². The average Bonchev–Trinajstić information content (AvgIpc) is 2.75. The van der Waals surface area contributed by atoms with Gasteiger partial charge in [0.25, 0.3) is 0 Å². The van der Waals surface area contributed by atoms with Gasteiger partial charge in [-0.3, -0.25) is 4.57 Å². The monoisotopic (exact) mass is 488 g/mol. The second kappa shape index (κ2) is 21.2. The number of hydrogen-bond donors (Lipinski definition) is 1. The maximum absolute atomic E-state index is 12.7. The van der Waals surface area contributed by atoms with Gasteiger partial charge in [0, 0.05) is 6.42 Å².